The van der Waals surface area contributed by atoms with Gasteiger partial charge in [-0.2, -0.15) is 0 Å². The molecule has 0 aliphatic carbocycles. The van der Waals surface area contributed by atoms with Gasteiger partial charge in [-0.25, -0.2) is 10.0 Å². The van der Waals surface area contributed by atoms with Gasteiger partial charge < -0.3 is 0 Å². The maximum Gasteiger partial charge on any atom is 0.0161 e. The van der Waals surface area contributed by atoms with E-state index in [9.17, 15) is 0 Å². The van der Waals surface area contributed by atoms with E-state index in [1.54, 1.807) is 0 Å². The third-order valence-electron chi connectivity index (χ3n) is 3.30. The summed E-state index contributed by atoms with van der Waals surface area (Å²) in [6.45, 7) is 7.11. The zero-order valence-electron chi connectivity index (χ0n) is 8.88. The zero-order valence-corrected chi connectivity index (χ0v) is 8.88. The van der Waals surface area contributed by atoms with Crippen molar-refractivity contribution < 1.29 is 0 Å². The third kappa shape index (κ3) is 1.99. The SMILES string of the molecule is CCC1CN(C)N(C)CC1CC. The first-order valence-corrected chi connectivity index (χ1v) is 5.11. The summed E-state index contributed by atoms with van der Waals surface area (Å²) in [6, 6.07) is 0. The number of hydrogen-bond donors (Lipinski definition) is 0. The van der Waals surface area contributed by atoms with Gasteiger partial charge in [-0.3, -0.25) is 0 Å². The van der Waals surface area contributed by atoms with Crippen molar-refractivity contribution in [3.8, 4) is 0 Å². The Hall–Kier alpha value is -0.0800. The quantitative estimate of drug-likeness (QED) is 0.624. The van der Waals surface area contributed by atoms with Gasteiger partial charge >= 0.3 is 0 Å². The average molecular weight is 170 g/mol. The molecule has 2 atom stereocenters. The van der Waals surface area contributed by atoms with Crippen molar-refractivity contribution in [2.24, 2.45) is 11.8 Å². The van der Waals surface area contributed by atoms with Crippen LogP contribution in [0.25, 0.3) is 0 Å². The minimum absolute atomic E-state index is 0.913. The molecule has 0 aromatic rings. The monoisotopic (exact) mass is 170 g/mol. The Morgan fingerprint density at radius 3 is 1.50 bits per heavy atom. The lowest BCUT2D eigenvalue weighted by molar-refractivity contribution is -0.0580. The smallest absolute Gasteiger partial charge is 0.0161 e. The van der Waals surface area contributed by atoms with E-state index in [2.05, 4.69) is 38.0 Å². The molecule has 1 heterocycles. The molecular formula is C10H22N2. The van der Waals surface area contributed by atoms with E-state index in [1.165, 1.54) is 25.9 Å². The van der Waals surface area contributed by atoms with Crippen molar-refractivity contribution in [3.63, 3.8) is 0 Å². The lowest BCUT2D eigenvalue weighted by Gasteiger charge is -2.42. The lowest BCUT2D eigenvalue weighted by Crippen LogP contribution is -2.50. The Kier molecular flexibility index (Phi) is 3.53. The Morgan fingerprint density at radius 1 is 0.917 bits per heavy atom. The maximum atomic E-state index is 2.35. The van der Waals surface area contributed by atoms with Crippen molar-refractivity contribution in [1.29, 1.82) is 0 Å². The van der Waals surface area contributed by atoms with Crippen LogP contribution < -0.4 is 0 Å². The fourth-order valence-corrected chi connectivity index (χ4v) is 2.18. The Labute approximate surface area is 76.5 Å². The van der Waals surface area contributed by atoms with Crippen LogP contribution in [0, 0.1) is 11.8 Å². The van der Waals surface area contributed by atoms with Crippen LogP contribution in [0.3, 0.4) is 0 Å². The fraction of sp³-hybridized carbons (Fsp3) is 1.00. The third-order valence-corrected chi connectivity index (χ3v) is 3.30. The normalized spacial score (nSPS) is 34.0. The molecule has 0 saturated carbocycles. The Bertz CT molecular complexity index is 120. The van der Waals surface area contributed by atoms with Crippen LogP contribution in [-0.4, -0.2) is 37.2 Å². The van der Waals surface area contributed by atoms with Crippen LogP contribution >= 0.6 is 0 Å². The van der Waals surface area contributed by atoms with E-state index in [4.69, 9.17) is 0 Å². The molecule has 12 heavy (non-hydrogen) atoms. The van der Waals surface area contributed by atoms with Crippen LogP contribution in [-0.2, 0) is 0 Å². The first-order chi connectivity index (χ1) is 5.69. The highest BCUT2D eigenvalue weighted by Crippen LogP contribution is 2.25. The van der Waals surface area contributed by atoms with Gasteiger partial charge in [0.25, 0.3) is 0 Å². The van der Waals surface area contributed by atoms with Crippen molar-refractivity contribution in [2.45, 2.75) is 26.7 Å². The van der Waals surface area contributed by atoms with Crippen molar-refractivity contribution >= 4 is 0 Å². The van der Waals surface area contributed by atoms with Gasteiger partial charge in [-0.15, -0.1) is 0 Å². The number of nitrogens with zero attached hydrogens (tertiary/aromatic N) is 2. The highest BCUT2D eigenvalue weighted by molar-refractivity contribution is 4.76. The lowest BCUT2D eigenvalue weighted by atomic mass is 9.86. The standard InChI is InChI=1S/C10H22N2/c1-5-9-7-11(3)12(4)8-10(9)6-2/h9-10H,5-8H2,1-4H3. The van der Waals surface area contributed by atoms with E-state index < -0.39 is 0 Å². The highest BCUT2D eigenvalue weighted by Gasteiger charge is 2.27. The largest absolute Gasteiger partial charge is 0.245 e. The maximum absolute atomic E-state index is 2.35. The fourth-order valence-electron chi connectivity index (χ4n) is 2.18. The van der Waals surface area contributed by atoms with Crippen LogP contribution in [0.1, 0.15) is 26.7 Å². The minimum atomic E-state index is 0.913. The number of rotatable bonds is 2. The van der Waals surface area contributed by atoms with E-state index in [-0.39, 0.29) is 0 Å². The van der Waals surface area contributed by atoms with Gasteiger partial charge in [0, 0.05) is 27.2 Å². The van der Waals surface area contributed by atoms with E-state index in [0.717, 1.165) is 11.8 Å². The molecule has 2 nitrogen and oxygen atoms in total. The second-order valence-corrected chi connectivity index (χ2v) is 4.02. The Balaban J connectivity index is 2.52. The molecule has 72 valence electrons. The van der Waals surface area contributed by atoms with Gasteiger partial charge in [0.2, 0.25) is 0 Å². The number of hydrogen-bond acceptors (Lipinski definition) is 2. The second-order valence-electron chi connectivity index (χ2n) is 4.02. The molecule has 0 radical (unpaired) electrons. The molecule has 2 unspecified atom stereocenters. The van der Waals surface area contributed by atoms with Crippen molar-refractivity contribution in [3.05, 3.63) is 0 Å². The molecule has 1 rings (SSSR count). The summed E-state index contributed by atoms with van der Waals surface area (Å²) in [7, 11) is 4.38. The first-order valence-electron chi connectivity index (χ1n) is 5.11. The molecular weight excluding hydrogens is 148 g/mol. The van der Waals surface area contributed by atoms with Gasteiger partial charge in [0.15, 0.2) is 0 Å². The molecule has 2 heteroatoms. The summed E-state index contributed by atoms with van der Waals surface area (Å²) < 4.78 is 0. The van der Waals surface area contributed by atoms with Crippen LogP contribution in [0.4, 0.5) is 0 Å². The molecule has 0 N–H and O–H groups in total. The first kappa shape index (κ1) is 10.0. The molecule has 0 bridgehead atoms. The minimum Gasteiger partial charge on any atom is -0.245 e. The average Bonchev–Trinajstić information content (AvgIpc) is 2.09. The zero-order chi connectivity index (χ0) is 9.14. The molecule has 1 aliphatic rings. The summed E-state index contributed by atoms with van der Waals surface area (Å²) in [5.74, 6) is 1.83. The molecule has 1 fully saturated rings. The van der Waals surface area contributed by atoms with Crippen LogP contribution in [0.15, 0.2) is 0 Å². The van der Waals surface area contributed by atoms with E-state index in [0.29, 0.717) is 0 Å². The van der Waals surface area contributed by atoms with Gasteiger partial charge in [-0.05, 0) is 11.8 Å². The molecule has 1 aliphatic heterocycles. The molecule has 0 amide bonds. The van der Waals surface area contributed by atoms with Crippen molar-refractivity contribution in [1.82, 2.24) is 10.0 Å². The highest BCUT2D eigenvalue weighted by atomic mass is 15.6. The molecule has 0 aromatic heterocycles. The van der Waals surface area contributed by atoms with Gasteiger partial charge in [0.05, 0.1) is 0 Å². The van der Waals surface area contributed by atoms with Gasteiger partial charge in [-0.1, -0.05) is 26.7 Å². The predicted molar refractivity (Wildman–Crippen MR) is 52.8 cm³/mol. The molecule has 0 spiro atoms. The summed E-state index contributed by atoms with van der Waals surface area (Å²) in [4.78, 5) is 0. The predicted octanol–water partition coefficient (Wildman–Crippen LogP) is 1.83. The topological polar surface area (TPSA) is 6.48 Å². The molecule has 0 aromatic carbocycles. The summed E-state index contributed by atoms with van der Waals surface area (Å²) in [6.07, 6.45) is 2.66. The summed E-state index contributed by atoms with van der Waals surface area (Å²) >= 11 is 0. The number of hydrazine groups is 1. The summed E-state index contributed by atoms with van der Waals surface area (Å²) in [5.41, 5.74) is 0. The van der Waals surface area contributed by atoms with Gasteiger partial charge in [0.1, 0.15) is 0 Å². The second kappa shape index (κ2) is 4.24. The van der Waals surface area contributed by atoms with Crippen LogP contribution in [0.5, 0.6) is 0 Å². The van der Waals surface area contributed by atoms with Crippen molar-refractivity contribution in [2.75, 3.05) is 27.2 Å². The van der Waals surface area contributed by atoms with Crippen LogP contribution in [0.2, 0.25) is 0 Å². The molecule has 1 saturated heterocycles. The Morgan fingerprint density at radius 2 is 1.25 bits per heavy atom. The van der Waals surface area contributed by atoms with E-state index in [1.807, 2.05) is 0 Å². The summed E-state index contributed by atoms with van der Waals surface area (Å²) in [5, 5.41) is 4.70. The van der Waals surface area contributed by atoms with E-state index >= 15 is 0 Å².